The zero-order chi connectivity index (χ0) is 15.1. The third-order valence-electron chi connectivity index (χ3n) is 2.84. The molecule has 0 aliphatic rings. The maximum atomic E-state index is 11.9. The van der Waals surface area contributed by atoms with Gasteiger partial charge in [-0.2, -0.15) is 5.10 Å². The summed E-state index contributed by atoms with van der Waals surface area (Å²) >= 11 is 0. The van der Waals surface area contributed by atoms with E-state index in [2.05, 4.69) is 15.7 Å². The Kier molecular flexibility index (Phi) is 5.30. The molecule has 0 fully saturated rings. The highest BCUT2D eigenvalue weighted by Gasteiger charge is 2.05. The molecule has 21 heavy (non-hydrogen) atoms. The Morgan fingerprint density at radius 2 is 2.19 bits per heavy atom. The van der Waals surface area contributed by atoms with Crippen LogP contribution in [0.1, 0.15) is 5.56 Å². The van der Waals surface area contributed by atoms with Crippen molar-refractivity contribution in [3.05, 3.63) is 42.2 Å². The maximum absolute atomic E-state index is 11.9. The number of hydrogen-bond acceptors (Lipinski definition) is 4. The molecule has 0 aliphatic carbocycles. The van der Waals surface area contributed by atoms with Crippen molar-refractivity contribution in [3.63, 3.8) is 0 Å². The number of benzene rings is 1. The molecule has 7 heteroatoms. The van der Waals surface area contributed by atoms with Crippen LogP contribution in [0.2, 0.25) is 0 Å². The van der Waals surface area contributed by atoms with Gasteiger partial charge >= 0.3 is 6.03 Å². The summed E-state index contributed by atoms with van der Waals surface area (Å²) in [6.45, 7) is 1.64. The Morgan fingerprint density at radius 1 is 1.38 bits per heavy atom. The lowest BCUT2D eigenvalue weighted by atomic mass is 10.2. The first-order valence-corrected chi connectivity index (χ1v) is 6.59. The molecule has 1 heterocycles. The second-order valence-electron chi connectivity index (χ2n) is 4.47. The molecule has 7 nitrogen and oxygen atoms in total. The zero-order valence-corrected chi connectivity index (χ0v) is 11.9. The smallest absolute Gasteiger partial charge is 0.323 e. The SMILES string of the molecule is COCCn1cc(NC(=O)Nc2cccc(CN)c2)cn1. The number of hydrogen-bond donors (Lipinski definition) is 3. The summed E-state index contributed by atoms with van der Waals surface area (Å²) in [5.74, 6) is 0. The van der Waals surface area contributed by atoms with Crippen LogP contribution in [0.25, 0.3) is 0 Å². The molecule has 112 valence electrons. The summed E-state index contributed by atoms with van der Waals surface area (Å²) in [5.41, 5.74) is 7.84. The van der Waals surface area contributed by atoms with Crippen molar-refractivity contribution < 1.29 is 9.53 Å². The fraction of sp³-hybridized carbons (Fsp3) is 0.286. The molecule has 0 aliphatic heterocycles. The van der Waals surface area contributed by atoms with E-state index in [9.17, 15) is 4.79 Å². The van der Waals surface area contributed by atoms with Crippen molar-refractivity contribution in [1.29, 1.82) is 0 Å². The molecule has 0 saturated carbocycles. The summed E-state index contributed by atoms with van der Waals surface area (Å²) in [5, 5.41) is 9.59. The minimum absolute atomic E-state index is 0.324. The first-order valence-electron chi connectivity index (χ1n) is 6.59. The van der Waals surface area contributed by atoms with Crippen molar-refractivity contribution in [1.82, 2.24) is 9.78 Å². The monoisotopic (exact) mass is 289 g/mol. The highest BCUT2D eigenvalue weighted by molar-refractivity contribution is 5.99. The summed E-state index contributed by atoms with van der Waals surface area (Å²) < 4.78 is 6.67. The summed E-state index contributed by atoms with van der Waals surface area (Å²) in [4.78, 5) is 11.9. The third-order valence-corrected chi connectivity index (χ3v) is 2.84. The molecular formula is C14H19N5O2. The lowest BCUT2D eigenvalue weighted by Gasteiger charge is -2.07. The summed E-state index contributed by atoms with van der Waals surface area (Å²) in [7, 11) is 1.63. The average Bonchev–Trinajstić information content (AvgIpc) is 2.92. The van der Waals surface area contributed by atoms with Gasteiger partial charge in [0, 0.05) is 25.5 Å². The van der Waals surface area contributed by atoms with Gasteiger partial charge in [-0.1, -0.05) is 12.1 Å². The molecular weight excluding hydrogens is 270 g/mol. The van der Waals surface area contributed by atoms with Crippen molar-refractivity contribution in [2.45, 2.75) is 13.1 Å². The van der Waals surface area contributed by atoms with E-state index in [0.717, 1.165) is 5.56 Å². The van der Waals surface area contributed by atoms with Gasteiger partial charge in [0.2, 0.25) is 0 Å². The number of nitrogens with zero attached hydrogens (tertiary/aromatic N) is 2. The van der Waals surface area contributed by atoms with Crippen LogP contribution in [-0.4, -0.2) is 29.5 Å². The molecule has 2 amide bonds. The number of anilines is 2. The standard InChI is InChI=1S/C14H19N5O2/c1-21-6-5-19-10-13(9-16-19)18-14(20)17-12-4-2-3-11(7-12)8-15/h2-4,7,9-10H,5-6,8,15H2,1H3,(H2,17,18,20). The Hall–Kier alpha value is -2.38. The quantitative estimate of drug-likeness (QED) is 0.753. The molecule has 0 unspecified atom stereocenters. The van der Waals surface area contributed by atoms with Crippen LogP contribution in [0.15, 0.2) is 36.7 Å². The highest BCUT2D eigenvalue weighted by atomic mass is 16.5. The maximum Gasteiger partial charge on any atom is 0.323 e. The predicted octanol–water partition coefficient (Wildman–Crippen LogP) is 1.63. The van der Waals surface area contributed by atoms with E-state index in [1.807, 2.05) is 18.2 Å². The lowest BCUT2D eigenvalue weighted by Crippen LogP contribution is -2.19. The molecule has 0 radical (unpaired) electrons. The largest absolute Gasteiger partial charge is 0.383 e. The Bertz CT molecular complexity index is 597. The average molecular weight is 289 g/mol. The molecule has 2 aromatic rings. The minimum Gasteiger partial charge on any atom is -0.383 e. The van der Waals surface area contributed by atoms with Crippen LogP contribution in [0.3, 0.4) is 0 Å². The van der Waals surface area contributed by atoms with Gasteiger partial charge in [-0.05, 0) is 17.7 Å². The van der Waals surface area contributed by atoms with Gasteiger partial charge in [0.05, 0.1) is 25.0 Å². The minimum atomic E-state index is -0.324. The van der Waals surface area contributed by atoms with Gasteiger partial charge in [0.15, 0.2) is 0 Å². The van der Waals surface area contributed by atoms with E-state index in [-0.39, 0.29) is 6.03 Å². The van der Waals surface area contributed by atoms with E-state index in [0.29, 0.717) is 31.1 Å². The van der Waals surface area contributed by atoms with E-state index < -0.39 is 0 Å². The number of carbonyl (C=O) groups is 1. The van der Waals surface area contributed by atoms with Crippen LogP contribution in [0.5, 0.6) is 0 Å². The number of aromatic nitrogens is 2. The number of nitrogens with one attached hydrogen (secondary N) is 2. The first kappa shape index (κ1) is 15.0. The van der Waals surface area contributed by atoms with E-state index >= 15 is 0 Å². The molecule has 1 aromatic carbocycles. The van der Waals surface area contributed by atoms with E-state index in [4.69, 9.17) is 10.5 Å². The molecule has 2 rings (SSSR count). The number of nitrogens with two attached hydrogens (primary N) is 1. The van der Waals surface area contributed by atoms with E-state index in [1.165, 1.54) is 0 Å². The highest BCUT2D eigenvalue weighted by Crippen LogP contribution is 2.11. The van der Waals surface area contributed by atoms with Crippen LogP contribution >= 0.6 is 0 Å². The Labute approximate surface area is 123 Å². The fourth-order valence-corrected chi connectivity index (χ4v) is 1.80. The van der Waals surface area contributed by atoms with E-state index in [1.54, 1.807) is 30.3 Å². The van der Waals surface area contributed by atoms with Gasteiger partial charge in [-0.25, -0.2) is 4.79 Å². The fourth-order valence-electron chi connectivity index (χ4n) is 1.80. The zero-order valence-electron chi connectivity index (χ0n) is 11.9. The van der Waals surface area contributed by atoms with Crippen molar-refractivity contribution in [2.75, 3.05) is 24.4 Å². The van der Waals surface area contributed by atoms with Gasteiger partial charge in [0.1, 0.15) is 0 Å². The molecule has 4 N–H and O–H groups in total. The summed E-state index contributed by atoms with van der Waals surface area (Å²) in [6, 6.07) is 7.07. The number of rotatable bonds is 6. The molecule has 0 spiro atoms. The predicted molar refractivity (Wildman–Crippen MR) is 81.1 cm³/mol. The van der Waals surface area contributed by atoms with Crippen LogP contribution < -0.4 is 16.4 Å². The normalized spacial score (nSPS) is 10.4. The molecule has 0 atom stereocenters. The van der Waals surface area contributed by atoms with Crippen molar-refractivity contribution in [2.24, 2.45) is 5.73 Å². The second kappa shape index (κ2) is 7.41. The third kappa shape index (κ3) is 4.59. The second-order valence-corrected chi connectivity index (χ2v) is 4.47. The molecule has 0 bridgehead atoms. The number of urea groups is 1. The van der Waals surface area contributed by atoms with Gasteiger partial charge in [-0.3, -0.25) is 4.68 Å². The number of amides is 2. The first-order chi connectivity index (χ1) is 10.2. The lowest BCUT2D eigenvalue weighted by molar-refractivity contribution is 0.183. The molecule has 1 aromatic heterocycles. The van der Waals surface area contributed by atoms with Gasteiger partial charge < -0.3 is 21.1 Å². The number of ether oxygens (including phenoxy) is 1. The van der Waals surface area contributed by atoms with Gasteiger partial charge in [0.25, 0.3) is 0 Å². The number of carbonyl (C=O) groups excluding carboxylic acids is 1. The van der Waals surface area contributed by atoms with Crippen LogP contribution in [-0.2, 0) is 17.8 Å². The van der Waals surface area contributed by atoms with Crippen molar-refractivity contribution >= 4 is 17.4 Å². The van der Waals surface area contributed by atoms with Crippen LogP contribution in [0.4, 0.5) is 16.2 Å². The summed E-state index contributed by atoms with van der Waals surface area (Å²) in [6.07, 6.45) is 3.33. The van der Waals surface area contributed by atoms with Crippen LogP contribution in [0, 0.1) is 0 Å². The Balaban J connectivity index is 1.90. The Morgan fingerprint density at radius 3 is 2.95 bits per heavy atom. The topological polar surface area (TPSA) is 94.2 Å². The number of methoxy groups -OCH3 is 1. The van der Waals surface area contributed by atoms with Gasteiger partial charge in [-0.15, -0.1) is 0 Å². The van der Waals surface area contributed by atoms with Crippen molar-refractivity contribution in [3.8, 4) is 0 Å². The molecule has 0 saturated heterocycles.